The van der Waals surface area contributed by atoms with Crippen LogP contribution in [0.5, 0.6) is 0 Å². The van der Waals surface area contributed by atoms with Gasteiger partial charge in [-0.2, -0.15) is 0 Å². The van der Waals surface area contributed by atoms with Crippen LogP contribution < -0.4 is 0 Å². The number of benzene rings is 2. The second kappa shape index (κ2) is 5.88. The number of non-ortho nitro benzene ring substituents is 1. The lowest BCUT2D eigenvalue weighted by atomic mass is 9.96. The Morgan fingerprint density at radius 2 is 1.85 bits per heavy atom. The van der Waals surface area contributed by atoms with Crippen molar-refractivity contribution >= 4 is 17.8 Å². The molecule has 0 unspecified atom stereocenters. The molecule has 0 heterocycles. The second-order valence-electron chi connectivity index (χ2n) is 4.16. The highest BCUT2D eigenvalue weighted by atomic mass is 16.6. The van der Waals surface area contributed by atoms with Crippen molar-refractivity contribution in [1.82, 2.24) is 0 Å². The third-order valence-electron chi connectivity index (χ3n) is 2.88. The van der Waals surface area contributed by atoms with Crippen molar-refractivity contribution in [2.75, 3.05) is 0 Å². The number of nitrogens with zero attached hydrogens (tertiary/aromatic N) is 1. The summed E-state index contributed by atoms with van der Waals surface area (Å²) in [5.74, 6) is -0.252. The van der Waals surface area contributed by atoms with Crippen LogP contribution in [0.2, 0.25) is 0 Å². The van der Waals surface area contributed by atoms with Gasteiger partial charge >= 0.3 is 0 Å². The van der Waals surface area contributed by atoms with Crippen LogP contribution >= 0.6 is 0 Å². The van der Waals surface area contributed by atoms with Crippen LogP contribution in [0.3, 0.4) is 0 Å². The summed E-state index contributed by atoms with van der Waals surface area (Å²) < 4.78 is 0. The number of hydrogen-bond donors (Lipinski definition) is 0. The fourth-order valence-corrected chi connectivity index (χ4v) is 1.92. The summed E-state index contributed by atoms with van der Waals surface area (Å²) >= 11 is 0. The molecule has 0 fully saturated rings. The third-order valence-corrected chi connectivity index (χ3v) is 2.88. The molecule has 0 atom stereocenters. The number of aldehydes is 1. The Kier molecular flexibility index (Phi) is 4.00. The topological polar surface area (TPSA) is 77.3 Å². The van der Waals surface area contributed by atoms with E-state index >= 15 is 0 Å². The Hall–Kier alpha value is -2.82. The number of rotatable bonds is 5. The molecule has 0 aliphatic heterocycles. The minimum atomic E-state index is -0.551. The van der Waals surface area contributed by atoms with E-state index in [1.807, 2.05) is 0 Å². The maximum absolute atomic E-state index is 12.3. The molecule has 0 bridgehead atoms. The highest BCUT2D eigenvalue weighted by Crippen LogP contribution is 2.21. The van der Waals surface area contributed by atoms with Crippen LogP contribution in [0.1, 0.15) is 21.5 Å². The van der Waals surface area contributed by atoms with E-state index in [1.54, 1.807) is 30.3 Å². The highest BCUT2D eigenvalue weighted by Gasteiger charge is 2.16. The first-order valence-corrected chi connectivity index (χ1v) is 5.94. The average molecular weight is 269 g/mol. The summed E-state index contributed by atoms with van der Waals surface area (Å²) in [7, 11) is 0. The molecule has 100 valence electrons. The maximum Gasteiger partial charge on any atom is 0.269 e. The number of ketones is 1. The third kappa shape index (κ3) is 2.77. The quantitative estimate of drug-likeness (QED) is 0.362. The molecule has 0 N–H and O–H groups in total. The summed E-state index contributed by atoms with van der Waals surface area (Å²) in [6.45, 7) is 0. The van der Waals surface area contributed by atoms with Crippen LogP contribution in [-0.4, -0.2) is 17.0 Å². The Labute approximate surface area is 115 Å². The molecule has 0 aliphatic rings. The smallest absolute Gasteiger partial charge is 0.269 e. The van der Waals surface area contributed by atoms with Gasteiger partial charge in [-0.25, -0.2) is 0 Å². The predicted molar refractivity (Wildman–Crippen MR) is 72.7 cm³/mol. The van der Waals surface area contributed by atoms with E-state index in [0.717, 1.165) is 0 Å². The van der Waals surface area contributed by atoms with E-state index in [1.165, 1.54) is 18.2 Å². The second-order valence-corrected chi connectivity index (χ2v) is 4.16. The molecule has 0 amide bonds. The van der Waals surface area contributed by atoms with Crippen molar-refractivity contribution in [2.24, 2.45) is 0 Å². The van der Waals surface area contributed by atoms with Gasteiger partial charge in [-0.1, -0.05) is 30.3 Å². The Balaban J connectivity index is 2.48. The van der Waals surface area contributed by atoms with Crippen LogP contribution in [0, 0.1) is 10.1 Å². The molecule has 2 aromatic rings. The SMILES string of the molecule is O=CCc1cc([N+](=O)[O-])ccc1C(=O)c1ccccc1. The molecule has 2 rings (SSSR count). The number of nitro benzene ring substituents is 1. The monoisotopic (exact) mass is 269 g/mol. The maximum atomic E-state index is 12.3. The van der Waals surface area contributed by atoms with Crippen molar-refractivity contribution in [2.45, 2.75) is 6.42 Å². The van der Waals surface area contributed by atoms with E-state index in [2.05, 4.69) is 0 Å². The van der Waals surface area contributed by atoms with E-state index in [-0.39, 0.29) is 17.9 Å². The van der Waals surface area contributed by atoms with Gasteiger partial charge in [0.05, 0.1) is 4.92 Å². The van der Waals surface area contributed by atoms with Gasteiger partial charge in [-0.15, -0.1) is 0 Å². The summed E-state index contributed by atoms with van der Waals surface area (Å²) in [6.07, 6.45) is 0.594. The van der Waals surface area contributed by atoms with Crippen LogP contribution in [0.25, 0.3) is 0 Å². The van der Waals surface area contributed by atoms with Gasteiger partial charge in [-0.3, -0.25) is 14.9 Å². The number of hydrogen-bond acceptors (Lipinski definition) is 4. The normalized spacial score (nSPS) is 10.0. The summed E-state index contributed by atoms with van der Waals surface area (Å²) in [5, 5.41) is 10.7. The van der Waals surface area contributed by atoms with E-state index in [0.29, 0.717) is 23.0 Å². The van der Waals surface area contributed by atoms with Gasteiger partial charge in [0.2, 0.25) is 0 Å². The largest absolute Gasteiger partial charge is 0.303 e. The summed E-state index contributed by atoms with van der Waals surface area (Å²) in [4.78, 5) is 33.2. The first-order valence-electron chi connectivity index (χ1n) is 5.94. The van der Waals surface area contributed by atoms with Crippen molar-refractivity contribution in [3.8, 4) is 0 Å². The highest BCUT2D eigenvalue weighted by molar-refractivity contribution is 6.10. The predicted octanol–water partition coefficient (Wildman–Crippen LogP) is 2.57. The molecule has 0 saturated carbocycles. The zero-order chi connectivity index (χ0) is 14.5. The van der Waals surface area contributed by atoms with Gasteiger partial charge in [0, 0.05) is 29.7 Å². The lowest BCUT2D eigenvalue weighted by molar-refractivity contribution is -0.384. The van der Waals surface area contributed by atoms with Crippen molar-refractivity contribution < 1.29 is 14.5 Å². The molecule has 0 aromatic heterocycles. The lowest BCUT2D eigenvalue weighted by Crippen LogP contribution is -2.06. The van der Waals surface area contributed by atoms with Gasteiger partial charge < -0.3 is 4.79 Å². The minimum Gasteiger partial charge on any atom is -0.303 e. The number of nitro groups is 1. The molecular formula is C15H11NO4. The zero-order valence-electron chi connectivity index (χ0n) is 10.5. The zero-order valence-corrected chi connectivity index (χ0v) is 10.5. The molecule has 0 aliphatic carbocycles. The standard InChI is InChI=1S/C15H11NO4/c17-9-8-12-10-13(16(19)20)6-7-14(12)15(18)11-4-2-1-3-5-11/h1-7,9-10H,8H2. The molecule has 2 aromatic carbocycles. The van der Waals surface area contributed by atoms with E-state index in [4.69, 9.17) is 0 Å². The van der Waals surface area contributed by atoms with E-state index in [9.17, 15) is 19.7 Å². The average Bonchev–Trinajstić information content (AvgIpc) is 2.47. The molecule has 0 radical (unpaired) electrons. The van der Waals surface area contributed by atoms with Gasteiger partial charge in [0.15, 0.2) is 5.78 Å². The van der Waals surface area contributed by atoms with Crippen LogP contribution in [-0.2, 0) is 11.2 Å². The Bertz CT molecular complexity index is 665. The van der Waals surface area contributed by atoms with Gasteiger partial charge in [0.25, 0.3) is 5.69 Å². The number of carbonyl (C=O) groups is 2. The molecule has 5 heteroatoms. The summed E-state index contributed by atoms with van der Waals surface area (Å²) in [6, 6.07) is 12.5. The molecular weight excluding hydrogens is 258 g/mol. The van der Waals surface area contributed by atoms with Crippen molar-refractivity contribution in [1.29, 1.82) is 0 Å². The molecule has 5 nitrogen and oxygen atoms in total. The lowest BCUT2D eigenvalue weighted by Gasteiger charge is -2.06. The van der Waals surface area contributed by atoms with Crippen molar-refractivity contribution in [3.63, 3.8) is 0 Å². The van der Waals surface area contributed by atoms with Gasteiger partial charge in [-0.05, 0) is 11.6 Å². The fraction of sp³-hybridized carbons (Fsp3) is 0.0667. The van der Waals surface area contributed by atoms with E-state index < -0.39 is 4.92 Å². The minimum absolute atomic E-state index is 0.0322. The summed E-state index contributed by atoms with van der Waals surface area (Å²) in [5.41, 5.74) is 1.02. The van der Waals surface area contributed by atoms with Crippen LogP contribution in [0.4, 0.5) is 5.69 Å². The number of carbonyl (C=O) groups excluding carboxylic acids is 2. The van der Waals surface area contributed by atoms with Gasteiger partial charge in [0.1, 0.15) is 6.29 Å². The fourth-order valence-electron chi connectivity index (χ4n) is 1.92. The van der Waals surface area contributed by atoms with Crippen LogP contribution in [0.15, 0.2) is 48.5 Å². The van der Waals surface area contributed by atoms with Crippen molar-refractivity contribution in [3.05, 3.63) is 75.3 Å². The molecule has 20 heavy (non-hydrogen) atoms. The Morgan fingerprint density at radius 3 is 2.45 bits per heavy atom. The first kappa shape index (κ1) is 13.6. The molecule has 0 spiro atoms. The molecule has 0 saturated heterocycles. The Morgan fingerprint density at radius 1 is 1.15 bits per heavy atom. The first-order chi connectivity index (χ1) is 9.63.